The third-order valence-electron chi connectivity index (χ3n) is 3.20. The Balaban J connectivity index is 0.00000162. The van der Waals surface area contributed by atoms with E-state index in [-0.39, 0.29) is 36.8 Å². The quantitative estimate of drug-likeness (QED) is 0.864. The van der Waals surface area contributed by atoms with Crippen molar-refractivity contribution in [1.82, 2.24) is 9.88 Å². The molecule has 2 N–H and O–H groups in total. The van der Waals surface area contributed by atoms with Crippen LogP contribution in [0.25, 0.3) is 0 Å². The highest BCUT2D eigenvalue weighted by Crippen LogP contribution is 2.14. The van der Waals surface area contributed by atoms with E-state index in [1.54, 1.807) is 0 Å². The summed E-state index contributed by atoms with van der Waals surface area (Å²) in [5, 5.41) is 0. The Kier molecular flexibility index (Phi) is 7.34. The van der Waals surface area contributed by atoms with Gasteiger partial charge in [0, 0.05) is 24.8 Å². The summed E-state index contributed by atoms with van der Waals surface area (Å²) in [6.45, 7) is 5.27. The molecule has 1 aromatic rings. The number of carbonyl (C=O) groups excluding carboxylic acids is 1. The Morgan fingerprint density at radius 1 is 1.37 bits per heavy atom. The molecule has 0 aromatic carbocycles. The number of nitrogens with zero attached hydrogens (tertiary/aromatic N) is 2. The second-order valence-electron chi connectivity index (χ2n) is 4.74. The number of hydrogen-bond acceptors (Lipinski definition) is 3. The zero-order chi connectivity index (χ0) is 12.4. The summed E-state index contributed by atoms with van der Waals surface area (Å²) in [5.41, 5.74) is 8.33. The Morgan fingerprint density at radius 2 is 2.05 bits per heavy atom. The molecule has 6 heteroatoms. The van der Waals surface area contributed by atoms with Crippen LogP contribution in [0.15, 0.2) is 12.1 Å². The molecule has 1 amide bonds. The van der Waals surface area contributed by atoms with Crippen LogP contribution in [0, 0.1) is 13.8 Å². The summed E-state index contributed by atoms with van der Waals surface area (Å²) in [4.78, 5) is 18.5. The third-order valence-corrected chi connectivity index (χ3v) is 3.20. The van der Waals surface area contributed by atoms with Crippen molar-refractivity contribution in [2.45, 2.75) is 32.7 Å². The summed E-state index contributed by atoms with van der Waals surface area (Å²) in [5.74, 6) is 0.0603. The molecule has 0 aliphatic carbocycles. The van der Waals surface area contributed by atoms with Gasteiger partial charge in [0.1, 0.15) is 0 Å². The Morgan fingerprint density at radius 3 is 2.63 bits per heavy atom. The van der Waals surface area contributed by atoms with Crippen LogP contribution in [0.1, 0.15) is 34.6 Å². The minimum absolute atomic E-state index is 0. The van der Waals surface area contributed by atoms with Crippen LogP contribution in [-0.2, 0) is 0 Å². The van der Waals surface area contributed by atoms with Gasteiger partial charge in [-0.05, 0) is 38.8 Å². The van der Waals surface area contributed by atoms with Gasteiger partial charge in [-0.1, -0.05) is 0 Å². The van der Waals surface area contributed by atoms with Crippen molar-refractivity contribution < 1.29 is 4.79 Å². The van der Waals surface area contributed by atoms with Gasteiger partial charge in [0.2, 0.25) is 0 Å². The van der Waals surface area contributed by atoms with Gasteiger partial charge in [-0.2, -0.15) is 0 Å². The summed E-state index contributed by atoms with van der Waals surface area (Å²) in [7, 11) is 0. The Bertz CT molecular complexity index is 440. The van der Waals surface area contributed by atoms with Crippen molar-refractivity contribution in [3.05, 3.63) is 29.1 Å². The number of aryl methyl sites for hydroxylation is 2. The molecule has 1 saturated heterocycles. The number of carbonyl (C=O) groups is 1. The maximum atomic E-state index is 12.3. The highest BCUT2D eigenvalue weighted by molar-refractivity contribution is 5.95. The zero-order valence-electron chi connectivity index (χ0n) is 11.3. The first-order valence-corrected chi connectivity index (χ1v) is 6.07. The van der Waals surface area contributed by atoms with E-state index in [2.05, 4.69) is 4.98 Å². The number of pyridine rings is 1. The van der Waals surface area contributed by atoms with Gasteiger partial charge in [0.25, 0.3) is 5.91 Å². The van der Waals surface area contributed by atoms with Crippen LogP contribution >= 0.6 is 24.8 Å². The van der Waals surface area contributed by atoms with Crippen molar-refractivity contribution in [1.29, 1.82) is 0 Å². The lowest BCUT2D eigenvalue weighted by Gasteiger charge is -2.31. The number of rotatable bonds is 1. The molecule has 4 nitrogen and oxygen atoms in total. The van der Waals surface area contributed by atoms with Crippen LogP contribution in [-0.4, -0.2) is 34.9 Å². The number of piperidine rings is 1. The number of halogens is 2. The maximum absolute atomic E-state index is 12.3. The van der Waals surface area contributed by atoms with Gasteiger partial charge >= 0.3 is 0 Å². The molecule has 2 heterocycles. The van der Waals surface area contributed by atoms with Crippen LogP contribution in [0.4, 0.5) is 0 Å². The minimum atomic E-state index is 0. The fourth-order valence-electron chi connectivity index (χ4n) is 2.28. The van der Waals surface area contributed by atoms with Crippen LogP contribution in [0.3, 0.4) is 0 Å². The molecule has 1 atom stereocenters. The van der Waals surface area contributed by atoms with E-state index in [0.29, 0.717) is 12.1 Å². The fraction of sp³-hybridized carbons (Fsp3) is 0.538. The van der Waals surface area contributed by atoms with E-state index < -0.39 is 0 Å². The van der Waals surface area contributed by atoms with Crippen molar-refractivity contribution >= 4 is 30.7 Å². The summed E-state index contributed by atoms with van der Waals surface area (Å²) in [6.07, 6.45) is 2.00. The number of hydrogen-bond donors (Lipinski definition) is 1. The topological polar surface area (TPSA) is 59.2 Å². The minimum Gasteiger partial charge on any atom is -0.337 e. The fourth-order valence-corrected chi connectivity index (χ4v) is 2.28. The lowest BCUT2D eigenvalue weighted by Crippen LogP contribution is -2.45. The first-order chi connectivity index (χ1) is 8.08. The smallest absolute Gasteiger partial charge is 0.255 e. The van der Waals surface area contributed by atoms with Gasteiger partial charge < -0.3 is 10.6 Å². The lowest BCUT2D eigenvalue weighted by atomic mass is 10.0. The Hall–Kier alpha value is -0.840. The van der Waals surface area contributed by atoms with E-state index >= 15 is 0 Å². The third kappa shape index (κ3) is 4.34. The first-order valence-electron chi connectivity index (χ1n) is 6.07. The lowest BCUT2D eigenvalue weighted by molar-refractivity contribution is 0.0707. The molecular weight excluding hydrogens is 285 g/mol. The maximum Gasteiger partial charge on any atom is 0.255 e. The van der Waals surface area contributed by atoms with Crippen LogP contribution in [0.5, 0.6) is 0 Å². The van der Waals surface area contributed by atoms with Crippen LogP contribution in [0.2, 0.25) is 0 Å². The molecule has 1 aliphatic rings. The number of nitrogens with two attached hydrogens (primary N) is 1. The van der Waals surface area contributed by atoms with Crippen molar-refractivity contribution in [2.75, 3.05) is 13.1 Å². The summed E-state index contributed by atoms with van der Waals surface area (Å²) >= 11 is 0. The highest BCUT2D eigenvalue weighted by atomic mass is 35.5. The van der Waals surface area contributed by atoms with E-state index in [0.717, 1.165) is 30.8 Å². The Labute approximate surface area is 126 Å². The second-order valence-corrected chi connectivity index (χ2v) is 4.74. The van der Waals surface area contributed by atoms with E-state index in [4.69, 9.17) is 5.73 Å². The average molecular weight is 306 g/mol. The SMILES string of the molecule is Cc1ccc(C(=O)N2CCC[C@@H](N)C2)c(C)n1.Cl.Cl. The second kappa shape index (κ2) is 7.68. The number of amides is 1. The predicted octanol–water partition coefficient (Wildman–Crippen LogP) is 2.11. The summed E-state index contributed by atoms with van der Waals surface area (Å²) < 4.78 is 0. The van der Waals surface area contributed by atoms with E-state index in [1.165, 1.54) is 0 Å². The summed E-state index contributed by atoms with van der Waals surface area (Å²) in [6, 6.07) is 3.86. The van der Waals surface area contributed by atoms with Crippen LogP contribution < -0.4 is 5.73 Å². The molecular formula is C13H21Cl2N3O. The molecule has 0 spiro atoms. The number of likely N-dealkylation sites (tertiary alicyclic amines) is 1. The normalized spacial score (nSPS) is 18.3. The van der Waals surface area contributed by atoms with Gasteiger partial charge in [-0.25, -0.2) is 0 Å². The molecule has 1 aromatic heterocycles. The van der Waals surface area contributed by atoms with E-state index in [1.807, 2.05) is 30.9 Å². The molecule has 2 rings (SSSR count). The number of aromatic nitrogens is 1. The molecule has 0 unspecified atom stereocenters. The van der Waals surface area contributed by atoms with Gasteiger partial charge in [-0.15, -0.1) is 24.8 Å². The van der Waals surface area contributed by atoms with E-state index in [9.17, 15) is 4.79 Å². The molecule has 0 bridgehead atoms. The zero-order valence-corrected chi connectivity index (χ0v) is 12.9. The van der Waals surface area contributed by atoms with Gasteiger partial charge in [0.05, 0.1) is 11.3 Å². The van der Waals surface area contributed by atoms with Gasteiger partial charge in [-0.3, -0.25) is 9.78 Å². The van der Waals surface area contributed by atoms with Gasteiger partial charge in [0.15, 0.2) is 0 Å². The molecule has 1 fully saturated rings. The monoisotopic (exact) mass is 305 g/mol. The highest BCUT2D eigenvalue weighted by Gasteiger charge is 2.23. The molecule has 0 saturated carbocycles. The molecule has 108 valence electrons. The molecule has 1 aliphatic heterocycles. The molecule has 0 radical (unpaired) electrons. The van der Waals surface area contributed by atoms with Crippen molar-refractivity contribution in [2.24, 2.45) is 5.73 Å². The van der Waals surface area contributed by atoms with Crippen molar-refractivity contribution in [3.8, 4) is 0 Å². The first kappa shape index (κ1) is 18.2. The molecule has 19 heavy (non-hydrogen) atoms. The standard InChI is InChI=1S/C13H19N3O.2ClH/c1-9-5-6-12(10(2)15-9)13(17)16-7-3-4-11(14)8-16;;/h5-6,11H,3-4,7-8,14H2,1-2H3;2*1H/t11-;;/m1../s1. The largest absolute Gasteiger partial charge is 0.337 e. The van der Waals surface area contributed by atoms with Crippen molar-refractivity contribution in [3.63, 3.8) is 0 Å². The average Bonchev–Trinajstić information content (AvgIpc) is 2.28. The predicted molar refractivity (Wildman–Crippen MR) is 81.3 cm³/mol.